The standard InChI is InChI=1S/C23H25N5O4S/c1-31-18-7-9-19(10-8-18)32-16-21(30)28-13-11-27(12-14-28)15-20(29)24-23-26-25-22(33-23)17-5-3-2-4-6-17/h2-10H,11-16H2,1H3,(H,24,26,29). The SMILES string of the molecule is COc1ccc(OCC(=O)N2CCN(CC(=O)Nc3nnc(-c4ccccc4)s3)CC2)cc1. The van der Waals surface area contributed by atoms with Gasteiger partial charge in [-0.05, 0) is 24.3 Å². The average molecular weight is 468 g/mol. The minimum Gasteiger partial charge on any atom is -0.497 e. The highest BCUT2D eigenvalue weighted by atomic mass is 32.1. The zero-order valence-electron chi connectivity index (χ0n) is 18.3. The quantitative estimate of drug-likeness (QED) is 0.543. The van der Waals surface area contributed by atoms with Crippen LogP contribution in [-0.2, 0) is 9.59 Å². The number of nitrogens with zero attached hydrogens (tertiary/aromatic N) is 4. The predicted octanol–water partition coefficient (Wildman–Crippen LogP) is 2.38. The van der Waals surface area contributed by atoms with Gasteiger partial charge in [0.05, 0.1) is 13.7 Å². The molecule has 0 spiro atoms. The van der Waals surface area contributed by atoms with Crippen molar-refractivity contribution in [2.45, 2.75) is 0 Å². The van der Waals surface area contributed by atoms with Crippen LogP contribution >= 0.6 is 11.3 Å². The minimum absolute atomic E-state index is 0.0202. The maximum atomic E-state index is 12.4. The van der Waals surface area contributed by atoms with Gasteiger partial charge in [0.25, 0.3) is 5.91 Å². The molecule has 1 saturated heterocycles. The number of hydrogen-bond donors (Lipinski definition) is 1. The van der Waals surface area contributed by atoms with Crippen molar-refractivity contribution in [1.82, 2.24) is 20.0 Å². The number of amides is 2. The van der Waals surface area contributed by atoms with Crippen molar-refractivity contribution >= 4 is 28.3 Å². The average Bonchev–Trinajstić information content (AvgIpc) is 3.32. The predicted molar refractivity (Wildman–Crippen MR) is 125 cm³/mol. The second-order valence-corrected chi connectivity index (χ2v) is 8.43. The zero-order valence-corrected chi connectivity index (χ0v) is 19.1. The Hall–Kier alpha value is -3.50. The van der Waals surface area contributed by atoms with Gasteiger partial charge in [-0.2, -0.15) is 0 Å². The smallest absolute Gasteiger partial charge is 0.260 e. The van der Waals surface area contributed by atoms with Crippen LogP contribution in [0.5, 0.6) is 11.5 Å². The van der Waals surface area contributed by atoms with Gasteiger partial charge in [0.1, 0.15) is 16.5 Å². The molecule has 1 N–H and O–H groups in total. The monoisotopic (exact) mass is 467 g/mol. The molecule has 1 aliphatic rings. The molecular weight excluding hydrogens is 442 g/mol. The molecule has 9 nitrogen and oxygen atoms in total. The van der Waals surface area contributed by atoms with Crippen LogP contribution in [0.25, 0.3) is 10.6 Å². The van der Waals surface area contributed by atoms with E-state index in [-0.39, 0.29) is 25.0 Å². The second kappa shape index (κ2) is 10.9. The van der Waals surface area contributed by atoms with Gasteiger partial charge >= 0.3 is 0 Å². The molecule has 172 valence electrons. The summed E-state index contributed by atoms with van der Waals surface area (Å²) in [4.78, 5) is 28.6. The Morgan fingerprint density at radius 2 is 1.67 bits per heavy atom. The van der Waals surface area contributed by atoms with Crippen LogP contribution in [0.4, 0.5) is 5.13 Å². The minimum atomic E-state index is -0.145. The van der Waals surface area contributed by atoms with Crippen molar-refractivity contribution in [2.24, 2.45) is 0 Å². The number of aromatic nitrogens is 2. The van der Waals surface area contributed by atoms with E-state index in [2.05, 4.69) is 15.5 Å². The van der Waals surface area contributed by atoms with Crippen molar-refractivity contribution in [1.29, 1.82) is 0 Å². The molecule has 1 fully saturated rings. The van der Waals surface area contributed by atoms with Crippen molar-refractivity contribution in [3.8, 4) is 22.1 Å². The fourth-order valence-corrected chi connectivity index (χ4v) is 4.16. The van der Waals surface area contributed by atoms with E-state index < -0.39 is 0 Å². The highest BCUT2D eigenvalue weighted by molar-refractivity contribution is 7.18. The number of hydrogen-bond acceptors (Lipinski definition) is 8. The summed E-state index contributed by atoms with van der Waals surface area (Å²) in [5, 5.41) is 12.3. The summed E-state index contributed by atoms with van der Waals surface area (Å²) >= 11 is 1.34. The van der Waals surface area contributed by atoms with Gasteiger partial charge in [-0.15, -0.1) is 10.2 Å². The lowest BCUT2D eigenvalue weighted by molar-refractivity contribution is -0.135. The molecule has 1 aliphatic heterocycles. The first-order valence-electron chi connectivity index (χ1n) is 10.6. The molecule has 2 amide bonds. The molecule has 2 heterocycles. The number of methoxy groups -OCH3 is 1. The first kappa shape index (κ1) is 22.7. The van der Waals surface area contributed by atoms with E-state index in [1.807, 2.05) is 35.2 Å². The van der Waals surface area contributed by atoms with Crippen LogP contribution in [0.3, 0.4) is 0 Å². The first-order chi connectivity index (χ1) is 16.1. The van der Waals surface area contributed by atoms with E-state index >= 15 is 0 Å². The Kier molecular flexibility index (Phi) is 7.48. The van der Waals surface area contributed by atoms with Gasteiger partial charge in [0, 0.05) is 31.7 Å². The molecule has 0 aliphatic carbocycles. The molecule has 1 aromatic heterocycles. The summed E-state index contributed by atoms with van der Waals surface area (Å²) in [6.07, 6.45) is 0. The van der Waals surface area contributed by atoms with E-state index in [1.165, 1.54) is 11.3 Å². The van der Waals surface area contributed by atoms with E-state index in [0.717, 1.165) is 16.3 Å². The maximum absolute atomic E-state index is 12.4. The number of carbonyl (C=O) groups is 2. The van der Waals surface area contributed by atoms with Crippen LogP contribution in [0.2, 0.25) is 0 Å². The fraction of sp³-hybridized carbons (Fsp3) is 0.304. The van der Waals surface area contributed by atoms with Crippen molar-refractivity contribution in [2.75, 3.05) is 51.8 Å². The number of anilines is 1. The molecular formula is C23H25N5O4S. The van der Waals surface area contributed by atoms with Crippen molar-refractivity contribution in [3.05, 3.63) is 54.6 Å². The molecule has 0 atom stereocenters. The summed E-state index contributed by atoms with van der Waals surface area (Å²) < 4.78 is 10.7. The third kappa shape index (κ3) is 6.27. The number of ether oxygens (including phenoxy) is 2. The summed E-state index contributed by atoms with van der Waals surface area (Å²) in [6.45, 7) is 2.56. The van der Waals surface area contributed by atoms with Gasteiger partial charge in [0.2, 0.25) is 11.0 Å². The van der Waals surface area contributed by atoms with Gasteiger partial charge in [-0.25, -0.2) is 0 Å². The number of carbonyl (C=O) groups excluding carboxylic acids is 2. The Balaban J connectivity index is 1.18. The van der Waals surface area contributed by atoms with E-state index in [4.69, 9.17) is 9.47 Å². The lowest BCUT2D eigenvalue weighted by atomic mass is 10.2. The van der Waals surface area contributed by atoms with Gasteiger partial charge in [0.15, 0.2) is 6.61 Å². The van der Waals surface area contributed by atoms with Gasteiger partial charge in [-0.1, -0.05) is 41.7 Å². The molecule has 3 aromatic rings. The van der Waals surface area contributed by atoms with Crippen molar-refractivity contribution in [3.63, 3.8) is 0 Å². The number of nitrogens with one attached hydrogen (secondary N) is 1. The van der Waals surface area contributed by atoms with Crippen LogP contribution in [0, 0.1) is 0 Å². The summed E-state index contributed by atoms with van der Waals surface area (Å²) in [6, 6.07) is 16.8. The Morgan fingerprint density at radius 3 is 2.36 bits per heavy atom. The molecule has 2 aromatic carbocycles. The first-order valence-corrected chi connectivity index (χ1v) is 11.4. The topological polar surface area (TPSA) is 96.9 Å². The lowest BCUT2D eigenvalue weighted by Gasteiger charge is -2.34. The van der Waals surface area contributed by atoms with E-state index in [9.17, 15) is 9.59 Å². The molecule has 10 heteroatoms. The van der Waals surface area contributed by atoms with Crippen molar-refractivity contribution < 1.29 is 19.1 Å². The Morgan fingerprint density at radius 1 is 0.970 bits per heavy atom. The largest absolute Gasteiger partial charge is 0.497 e. The Labute approximate surface area is 195 Å². The van der Waals surface area contributed by atoms with Gasteiger partial charge in [-0.3, -0.25) is 19.8 Å². The highest BCUT2D eigenvalue weighted by Crippen LogP contribution is 2.25. The number of benzene rings is 2. The van der Waals surface area contributed by atoms with Crippen LogP contribution in [-0.4, -0.2) is 78.3 Å². The molecule has 0 unspecified atom stereocenters. The van der Waals surface area contributed by atoms with Gasteiger partial charge < -0.3 is 14.4 Å². The summed E-state index contributed by atoms with van der Waals surface area (Å²) in [7, 11) is 1.60. The highest BCUT2D eigenvalue weighted by Gasteiger charge is 2.23. The second-order valence-electron chi connectivity index (χ2n) is 7.45. The molecule has 0 bridgehead atoms. The fourth-order valence-electron chi connectivity index (χ4n) is 3.40. The normalized spacial score (nSPS) is 14.0. The third-order valence-corrected chi connectivity index (χ3v) is 6.09. The summed E-state index contributed by atoms with van der Waals surface area (Å²) in [5.74, 6) is 1.13. The van der Waals surface area contributed by atoms with E-state index in [1.54, 1.807) is 36.3 Å². The number of rotatable bonds is 8. The molecule has 4 rings (SSSR count). The zero-order chi connectivity index (χ0) is 23.0. The molecule has 33 heavy (non-hydrogen) atoms. The third-order valence-electron chi connectivity index (χ3n) is 5.21. The van der Waals surface area contributed by atoms with Crippen LogP contribution < -0.4 is 14.8 Å². The molecule has 0 saturated carbocycles. The summed E-state index contributed by atoms with van der Waals surface area (Å²) in [5.41, 5.74) is 0.965. The number of piperazine rings is 1. The van der Waals surface area contributed by atoms with E-state index in [0.29, 0.717) is 37.1 Å². The van der Waals surface area contributed by atoms with Crippen LogP contribution in [0.15, 0.2) is 54.6 Å². The lowest BCUT2D eigenvalue weighted by Crippen LogP contribution is -2.51. The molecule has 0 radical (unpaired) electrons. The maximum Gasteiger partial charge on any atom is 0.260 e. The van der Waals surface area contributed by atoms with Crippen LogP contribution in [0.1, 0.15) is 0 Å². The Bertz CT molecular complexity index is 1070.